The molecule has 1 fully saturated rings. The number of benzene rings is 1. The van der Waals surface area contributed by atoms with Crippen LogP contribution in [0.5, 0.6) is 0 Å². The van der Waals surface area contributed by atoms with E-state index >= 15 is 0 Å². The van der Waals surface area contributed by atoms with Gasteiger partial charge in [-0.05, 0) is 32.0 Å². The summed E-state index contributed by atoms with van der Waals surface area (Å²) in [5.41, 5.74) is 0. The molecule has 0 spiro atoms. The number of ether oxygens (including phenoxy) is 1. The molecule has 0 N–H and O–H groups in total. The van der Waals surface area contributed by atoms with Crippen LogP contribution in [0, 0.1) is 11.6 Å². The Balaban J connectivity index is 2.33. The molecule has 0 aliphatic carbocycles. The molecule has 1 aliphatic rings. The molecule has 1 aromatic carbocycles. The molecule has 1 heterocycles. The van der Waals surface area contributed by atoms with E-state index in [4.69, 9.17) is 4.74 Å². The van der Waals surface area contributed by atoms with Gasteiger partial charge < -0.3 is 4.74 Å². The fourth-order valence-electron chi connectivity index (χ4n) is 2.11. The fourth-order valence-corrected chi connectivity index (χ4v) is 3.72. The van der Waals surface area contributed by atoms with Gasteiger partial charge in [0.25, 0.3) is 0 Å². The third-order valence-electron chi connectivity index (χ3n) is 2.91. The van der Waals surface area contributed by atoms with Crippen molar-refractivity contribution in [3.63, 3.8) is 0 Å². The van der Waals surface area contributed by atoms with Crippen LogP contribution in [-0.2, 0) is 14.8 Å². The Kier molecular flexibility index (Phi) is 3.89. The molecule has 4 nitrogen and oxygen atoms in total. The van der Waals surface area contributed by atoms with Gasteiger partial charge in [0.2, 0.25) is 10.0 Å². The van der Waals surface area contributed by atoms with Gasteiger partial charge in [-0.25, -0.2) is 17.2 Å². The molecule has 0 bridgehead atoms. The third kappa shape index (κ3) is 2.93. The summed E-state index contributed by atoms with van der Waals surface area (Å²) in [6.45, 7) is 3.93. The summed E-state index contributed by atoms with van der Waals surface area (Å²) in [4.78, 5) is -0.243. The molecule has 0 radical (unpaired) electrons. The van der Waals surface area contributed by atoms with Crippen LogP contribution in [0.1, 0.15) is 13.8 Å². The topological polar surface area (TPSA) is 46.6 Å². The quantitative estimate of drug-likeness (QED) is 0.834. The highest BCUT2D eigenvalue weighted by Crippen LogP contribution is 2.22. The summed E-state index contributed by atoms with van der Waals surface area (Å²) in [6, 6.07) is 2.59. The summed E-state index contributed by atoms with van der Waals surface area (Å²) in [7, 11) is -3.82. The Labute approximate surface area is 111 Å². The Morgan fingerprint density at radius 1 is 1.16 bits per heavy atom. The average Bonchev–Trinajstić information content (AvgIpc) is 2.31. The van der Waals surface area contributed by atoms with Crippen molar-refractivity contribution in [2.24, 2.45) is 0 Å². The number of rotatable bonds is 2. The number of nitrogens with zero attached hydrogens (tertiary/aromatic N) is 1. The molecule has 0 saturated carbocycles. The zero-order valence-electron chi connectivity index (χ0n) is 10.6. The van der Waals surface area contributed by atoms with Crippen molar-refractivity contribution in [3.05, 3.63) is 29.8 Å². The lowest BCUT2D eigenvalue weighted by atomic mass is 10.3. The van der Waals surface area contributed by atoms with Crippen molar-refractivity contribution in [2.45, 2.75) is 31.0 Å². The van der Waals surface area contributed by atoms with Crippen LogP contribution in [-0.4, -0.2) is 38.0 Å². The summed E-state index contributed by atoms with van der Waals surface area (Å²) < 4.78 is 57.3. The maximum absolute atomic E-state index is 13.1. The number of morpholine rings is 1. The molecule has 2 atom stereocenters. The lowest BCUT2D eigenvalue weighted by Crippen LogP contribution is -2.48. The molecule has 19 heavy (non-hydrogen) atoms. The Bertz CT molecular complexity index is 566. The second-order valence-corrected chi connectivity index (χ2v) is 6.59. The summed E-state index contributed by atoms with van der Waals surface area (Å²) in [5, 5.41) is 0. The Hall–Kier alpha value is -1.05. The van der Waals surface area contributed by atoms with Crippen LogP contribution in [0.25, 0.3) is 0 Å². The van der Waals surface area contributed by atoms with E-state index < -0.39 is 21.7 Å². The van der Waals surface area contributed by atoms with E-state index in [0.717, 1.165) is 12.1 Å². The first-order valence-electron chi connectivity index (χ1n) is 5.91. The summed E-state index contributed by atoms with van der Waals surface area (Å²) in [5.74, 6) is -2.24. The first-order valence-corrected chi connectivity index (χ1v) is 7.35. The van der Waals surface area contributed by atoms with E-state index in [2.05, 4.69) is 0 Å². The van der Waals surface area contributed by atoms with Crippen LogP contribution in [0.2, 0.25) is 0 Å². The van der Waals surface area contributed by atoms with Crippen LogP contribution < -0.4 is 0 Å². The van der Waals surface area contributed by atoms with E-state index in [-0.39, 0.29) is 30.2 Å². The van der Waals surface area contributed by atoms with Crippen molar-refractivity contribution in [2.75, 3.05) is 13.1 Å². The predicted molar refractivity (Wildman–Crippen MR) is 65.1 cm³/mol. The fraction of sp³-hybridized carbons (Fsp3) is 0.500. The molecule has 1 aliphatic heterocycles. The first kappa shape index (κ1) is 14.4. The van der Waals surface area contributed by atoms with E-state index in [9.17, 15) is 17.2 Å². The smallest absolute Gasteiger partial charge is 0.243 e. The van der Waals surface area contributed by atoms with Gasteiger partial charge in [-0.1, -0.05) is 0 Å². The van der Waals surface area contributed by atoms with Crippen molar-refractivity contribution in [1.82, 2.24) is 4.31 Å². The average molecular weight is 291 g/mol. The largest absolute Gasteiger partial charge is 0.373 e. The molecule has 2 rings (SSSR count). The molecular weight excluding hydrogens is 276 g/mol. The summed E-state index contributed by atoms with van der Waals surface area (Å²) in [6.07, 6.45) is -0.465. The number of halogens is 2. The van der Waals surface area contributed by atoms with Crippen molar-refractivity contribution >= 4 is 10.0 Å². The van der Waals surface area contributed by atoms with Gasteiger partial charge >= 0.3 is 0 Å². The van der Waals surface area contributed by atoms with Gasteiger partial charge in [-0.3, -0.25) is 0 Å². The van der Waals surface area contributed by atoms with Crippen LogP contribution >= 0.6 is 0 Å². The number of sulfonamides is 1. The van der Waals surface area contributed by atoms with Gasteiger partial charge in [0.1, 0.15) is 0 Å². The van der Waals surface area contributed by atoms with Crippen molar-refractivity contribution in [3.8, 4) is 0 Å². The van der Waals surface area contributed by atoms with Gasteiger partial charge in [-0.2, -0.15) is 4.31 Å². The number of hydrogen-bond donors (Lipinski definition) is 0. The minimum absolute atomic E-state index is 0.200. The molecule has 106 valence electrons. The van der Waals surface area contributed by atoms with Crippen LogP contribution in [0.3, 0.4) is 0 Å². The highest BCUT2D eigenvalue weighted by atomic mass is 32.2. The lowest BCUT2D eigenvalue weighted by Gasteiger charge is -2.34. The molecule has 1 aromatic rings. The Morgan fingerprint density at radius 2 is 1.74 bits per heavy atom. The van der Waals surface area contributed by atoms with Crippen molar-refractivity contribution < 1.29 is 21.9 Å². The van der Waals surface area contributed by atoms with Gasteiger partial charge in [0.05, 0.1) is 17.1 Å². The predicted octanol–water partition coefficient (Wildman–Crippen LogP) is 1.76. The van der Waals surface area contributed by atoms with Gasteiger partial charge in [-0.15, -0.1) is 0 Å². The van der Waals surface area contributed by atoms with E-state index in [1.165, 1.54) is 4.31 Å². The third-order valence-corrected chi connectivity index (χ3v) is 4.74. The standard InChI is InChI=1S/C12H15F2NO3S/c1-8-6-15(7-9(2)18-8)19(16,17)10-3-4-11(13)12(14)5-10/h3-5,8-9H,6-7H2,1-2H3/t8-,9+. The monoisotopic (exact) mass is 291 g/mol. The number of hydrogen-bond acceptors (Lipinski definition) is 3. The molecule has 7 heteroatoms. The normalized spacial score (nSPS) is 25.5. The minimum Gasteiger partial charge on any atom is -0.373 e. The maximum atomic E-state index is 13.1. The van der Waals surface area contributed by atoms with E-state index in [1.54, 1.807) is 13.8 Å². The Morgan fingerprint density at radius 3 is 2.26 bits per heavy atom. The second-order valence-electron chi connectivity index (χ2n) is 4.66. The van der Waals surface area contributed by atoms with Crippen LogP contribution in [0.15, 0.2) is 23.1 Å². The zero-order chi connectivity index (χ0) is 14.2. The molecule has 0 amide bonds. The van der Waals surface area contributed by atoms with Gasteiger partial charge in [0, 0.05) is 13.1 Å². The summed E-state index contributed by atoms with van der Waals surface area (Å²) >= 11 is 0. The highest BCUT2D eigenvalue weighted by molar-refractivity contribution is 7.89. The van der Waals surface area contributed by atoms with Crippen LogP contribution in [0.4, 0.5) is 8.78 Å². The van der Waals surface area contributed by atoms with E-state index in [0.29, 0.717) is 6.07 Å². The minimum atomic E-state index is -3.82. The molecule has 1 saturated heterocycles. The maximum Gasteiger partial charge on any atom is 0.243 e. The SMILES string of the molecule is C[C@@H]1CN(S(=O)(=O)c2ccc(F)c(F)c2)C[C@H](C)O1. The first-order chi connectivity index (χ1) is 8.80. The second kappa shape index (κ2) is 5.15. The van der Waals surface area contributed by atoms with Crippen molar-refractivity contribution in [1.29, 1.82) is 0 Å². The molecule has 0 unspecified atom stereocenters. The highest BCUT2D eigenvalue weighted by Gasteiger charge is 2.32. The lowest BCUT2D eigenvalue weighted by molar-refractivity contribution is -0.0440. The van der Waals surface area contributed by atoms with Gasteiger partial charge in [0.15, 0.2) is 11.6 Å². The molecule has 0 aromatic heterocycles. The molecular formula is C12H15F2NO3S. The zero-order valence-corrected chi connectivity index (χ0v) is 11.5. The van der Waals surface area contributed by atoms with E-state index in [1.807, 2.05) is 0 Å².